The van der Waals surface area contributed by atoms with E-state index in [0.717, 1.165) is 4.90 Å². The third-order valence-corrected chi connectivity index (χ3v) is 6.78. The minimum atomic E-state index is -2.57. The van der Waals surface area contributed by atoms with Crippen LogP contribution in [0.15, 0.2) is 65.6 Å². The monoisotopic (exact) mass is 518 g/mol. The first-order valence-electron chi connectivity index (χ1n) is 11.5. The fourth-order valence-electron chi connectivity index (χ4n) is 4.23. The van der Waals surface area contributed by atoms with Crippen molar-refractivity contribution in [2.75, 3.05) is 43.9 Å². The molecule has 1 saturated heterocycles. The topological polar surface area (TPSA) is 32.8 Å². The van der Waals surface area contributed by atoms with Gasteiger partial charge in [0.05, 0.1) is 12.3 Å². The van der Waals surface area contributed by atoms with Gasteiger partial charge in [-0.3, -0.25) is 4.79 Å². The summed E-state index contributed by atoms with van der Waals surface area (Å²) in [7, 11) is 0. The van der Waals surface area contributed by atoms with Crippen LogP contribution in [0.5, 0.6) is 0 Å². The van der Waals surface area contributed by atoms with Crippen LogP contribution in [-0.2, 0) is 11.3 Å². The second kappa shape index (κ2) is 11.8. The summed E-state index contributed by atoms with van der Waals surface area (Å²) in [6, 6.07) is 16.3. The summed E-state index contributed by atoms with van der Waals surface area (Å²) < 4.78 is 58.6. The Morgan fingerprint density at radius 1 is 0.944 bits per heavy atom. The lowest BCUT2D eigenvalue weighted by molar-refractivity contribution is 0.00982. The summed E-state index contributed by atoms with van der Waals surface area (Å²) >= 11 is 1.50. The van der Waals surface area contributed by atoms with Crippen molar-refractivity contribution in [3.05, 3.63) is 83.4 Å². The Morgan fingerprint density at radius 3 is 2.36 bits per heavy atom. The van der Waals surface area contributed by atoms with E-state index in [2.05, 4.69) is 0 Å². The molecule has 0 N–H and O–H groups in total. The number of amides is 1. The molecule has 1 aliphatic rings. The second-order valence-electron chi connectivity index (χ2n) is 8.36. The Kier molecular flexibility index (Phi) is 8.53. The molecule has 0 saturated carbocycles. The number of benzene rings is 3. The molecule has 0 unspecified atom stereocenters. The molecule has 0 aliphatic carbocycles. The molecular formula is C27H26F4N2O2S. The minimum Gasteiger partial charge on any atom is -0.371 e. The van der Waals surface area contributed by atoms with Crippen molar-refractivity contribution < 1.29 is 27.1 Å². The van der Waals surface area contributed by atoms with Crippen LogP contribution in [-0.4, -0.2) is 56.3 Å². The highest BCUT2D eigenvalue weighted by Gasteiger charge is 2.26. The first-order chi connectivity index (χ1) is 17.4. The van der Waals surface area contributed by atoms with Gasteiger partial charge < -0.3 is 14.5 Å². The molecule has 9 heteroatoms. The lowest BCUT2D eigenvalue weighted by Crippen LogP contribution is -2.49. The number of alkyl halides is 2. The van der Waals surface area contributed by atoms with Gasteiger partial charge in [-0.05, 0) is 47.7 Å². The van der Waals surface area contributed by atoms with Crippen molar-refractivity contribution in [1.29, 1.82) is 0 Å². The van der Waals surface area contributed by atoms with Gasteiger partial charge in [-0.2, -0.15) is 0 Å². The van der Waals surface area contributed by atoms with E-state index >= 15 is 0 Å². The fourth-order valence-corrected chi connectivity index (χ4v) is 4.66. The van der Waals surface area contributed by atoms with E-state index in [1.54, 1.807) is 47.4 Å². The smallest absolute Gasteiger partial charge is 0.261 e. The Bertz CT molecular complexity index is 1220. The number of piperazine rings is 1. The van der Waals surface area contributed by atoms with Crippen LogP contribution in [0.25, 0.3) is 11.1 Å². The number of thioether (sulfide) groups is 1. The quantitative estimate of drug-likeness (QED) is 0.267. The van der Waals surface area contributed by atoms with Crippen molar-refractivity contribution in [2.45, 2.75) is 17.9 Å². The highest BCUT2D eigenvalue weighted by molar-refractivity contribution is 7.98. The van der Waals surface area contributed by atoms with Crippen molar-refractivity contribution in [3.8, 4) is 11.1 Å². The lowest BCUT2D eigenvalue weighted by Gasteiger charge is -2.36. The summed E-state index contributed by atoms with van der Waals surface area (Å²) in [6.07, 6.45) is -0.658. The van der Waals surface area contributed by atoms with Gasteiger partial charge in [0, 0.05) is 42.2 Å². The summed E-state index contributed by atoms with van der Waals surface area (Å²) in [5.41, 5.74) is 2.19. The SMILES string of the molecule is CSc1ccc(-c2ccccc2F)c(C(=O)N2CCN(c3ccc(COCC(F)F)cc3F)CC2)c1. The van der Waals surface area contributed by atoms with E-state index in [0.29, 0.717) is 54.1 Å². The third-order valence-electron chi connectivity index (χ3n) is 6.05. The number of rotatable bonds is 8. The fraction of sp³-hybridized carbons (Fsp3) is 0.296. The number of hydrogen-bond donors (Lipinski definition) is 0. The number of halogens is 4. The zero-order valence-corrected chi connectivity index (χ0v) is 20.5. The molecule has 0 bridgehead atoms. The Morgan fingerprint density at radius 2 is 1.69 bits per heavy atom. The Hall–Kier alpha value is -3.04. The number of hydrogen-bond acceptors (Lipinski definition) is 4. The number of carbonyl (C=O) groups is 1. The van der Waals surface area contributed by atoms with Gasteiger partial charge in [-0.25, -0.2) is 17.6 Å². The van der Waals surface area contributed by atoms with Crippen molar-refractivity contribution in [2.24, 2.45) is 0 Å². The molecule has 1 heterocycles. The van der Waals surface area contributed by atoms with Crippen molar-refractivity contribution >= 4 is 23.4 Å². The van der Waals surface area contributed by atoms with E-state index in [1.165, 1.54) is 23.9 Å². The summed E-state index contributed by atoms with van der Waals surface area (Å²) in [6.45, 7) is 0.791. The maximum Gasteiger partial charge on any atom is 0.261 e. The normalized spacial score (nSPS) is 13.9. The molecule has 1 aliphatic heterocycles. The third kappa shape index (κ3) is 6.02. The average Bonchev–Trinajstić information content (AvgIpc) is 2.88. The van der Waals surface area contributed by atoms with Crippen LogP contribution in [0.4, 0.5) is 23.2 Å². The maximum atomic E-state index is 14.7. The Labute approximate surface area is 211 Å². The summed E-state index contributed by atoms with van der Waals surface area (Å²) in [5.74, 6) is -1.06. The molecule has 0 spiro atoms. The lowest BCUT2D eigenvalue weighted by atomic mass is 9.98. The molecule has 4 nitrogen and oxygen atoms in total. The molecule has 190 valence electrons. The largest absolute Gasteiger partial charge is 0.371 e. The van der Waals surface area contributed by atoms with Gasteiger partial charge in [0.2, 0.25) is 0 Å². The van der Waals surface area contributed by atoms with Crippen LogP contribution < -0.4 is 4.90 Å². The minimum absolute atomic E-state index is 0.0940. The molecule has 3 aromatic rings. The van der Waals surface area contributed by atoms with Gasteiger partial charge in [-0.15, -0.1) is 11.8 Å². The van der Waals surface area contributed by atoms with Crippen molar-refractivity contribution in [3.63, 3.8) is 0 Å². The van der Waals surface area contributed by atoms with E-state index in [1.807, 2.05) is 17.2 Å². The van der Waals surface area contributed by atoms with Crippen molar-refractivity contribution in [1.82, 2.24) is 4.90 Å². The second-order valence-corrected chi connectivity index (χ2v) is 9.24. The maximum absolute atomic E-state index is 14.7. The molecule has 0 aromatic heterocycles. The van der Waals surface area contributed by atoms with E-state index < -0.39 is 24.7 Å². The summed E-state index contributed by atoms with van der Waals surface area (Å²) in [5, 5.41) is 0. The molecule has 0 atom stereocenters. The molecule has 1 amide bonds. The van der Waals surface area contributed by atoms with Gasteiger partial charge in [-0.1, -0.05) is 30.3 Å². The van der Waals surface area contributed by atoms with E-state index in [4.69, 9.17) is 4.74 Å². The molecular weight excluding hydrogens is 492 g/mol. The average molecular weight is 519 g/mol. The zero-order valence-electron chi connectivity index (χ0n) is 19.7. The number of carbonyl (C=O) groups excluding carboxylic acids is 1. The molecule has 36 heavy (non-hydrogen) atoms. The molecule has 0 radical (unpaired) electrons. The van der Waals surface area contributed by atoms with E-state index in [9.17, 15) is 22.4 Å². The highest BCUT2D eigenvalue weighted by atomic mass is 32.2. The van der Waals surface area contributed by atoms with Gasteiger partial charge in [0.15, 0.2) is 0 Å². The van der Waals surface area contributed by atoms with Crippen LogP contribution in [0.3, 0.4) is 0 Å². The van der Waals surface area contributed by atoms with Gasteiger partial charge >= 0.3 is 0 Å². The van der Waals surface area contributed by atoms with Gasteiger partial charge in [0.25, 0.3) is 12.3 Å². The van der Waals surface area contributed by atoms with Crippen LogP contribution in [0.2, 0.25) is 0 Å². The zero-order chi connectivity index (χ0) is 25.7. The molecule has 1 fully saturated rings. The number of ether oxygens (including phenoxy) is 1. The number of nitrogens with zero attached hydrogens (tertiary/aromatic N) is 2. The predicted octanol–water partition coefficient (Wildman–Crippen LogP) is 6.10. The molecule has 3 aromatic carbocycles. The Balaban J connectivity index is 1.47. The number of anilines is 1. The van der Waals surface area contributed by atoms with E-state index in [-0.39, 0.29) is 12.5 Å². The molecule has 4 rings (SSSR count). The first-order valence-corrected chi connectivity index (χ1v) is 12.7. The highest BCUT2D eigenvalue weighted by Crippen LogP contribution is 2.31. The van der Waals surface area contributed by atoms with Crippen LogP contribution >= 0.6 is 11.8 Å². The van der Waals surface area contributed by atoms with Crippen LogP contribution in [0.1, 0.15) is 15.9 Å². The predicted molar refractivity (Wildman–Crippen MR) is 134 cm³/mol. The first kappa shape index (κ1) is 26.0. The summed E-state index contributed by atoms with van der Waals surface area (Å²) in [4.78, 5) is 18.0. The standard InChI is InChI=1S/C27H26F4N2O2S/c1-36-19-7-8-20(21-4-2-3-5-23(21)28)22(15-19)27(34)33-12-10-32(11-13-33)25-9-6-18(14-24(25)29)16-35-17-26(30)31/h2-9,14-15,26H,10-13,16-17H2,1H3. The van der Waals surface area contributed by atoms with Gasteiger partial charge in [0.1, 0.15) is 18.2 Å². The van der Waals surface area contributed by atoms with Crippen LogP contribution in [0, 0.1) is 11.6 Å².